The first-order valence-electron chi connectivity index (χ1n) is 7.99. The molecule has 2 rings (SSSR count). The smallest absolute Gasteiger partial charge is 0.241 e. The summed E-state index contributed by atoms with van der Waals surface area (Å²) in [5, 5.41) is 5.83. The van der Waals surface area contributed by atoms with E-state index in [1.54, 1.807) is 0 Å². The van der Waals surface area contributed by atoms with Crippen LogP contribution in [-0.2, 0) is 11.2 Å². The molecule has 0 aliphatic heterocycles. The van der Waals surface area contributed by atoms with Crippen molar-refractivity contribution in [2.24, 2.45) is 10.7 Å². The predicted molar refractivity (Wildman–Crippen MR) is 115 cm³/mol. The number of carbonyl (C=O) groups excluding carboxylic acids is 1. The quantitative estimate of drug-likeness (QED) is 0.358. The zero-order valence-corrected chi connectivity index (χ0v) is 16.9. The molecule has 0 spiro atoms. The van der Waals surface area contributed by atoms with Crippen molar-refractivity contribution in [2.75, 3.05) is 18.4 Å². The van der Waals surface area contributed by atoms with E-state index in [4.69, 9.17) is 5.73 Å². The Labute approximate surface area is 166 Å². The van der Waals surface area contributed by atoms with Gasteiger partial charge in [0.1, 0.15) is 6.54 Å². The van der Waals surface area contributed by atoms with Gasteiger partial charge in [-0.1, -0.05) is 36.4 Å². The zero-order chi connectivity index (χ0) is 17.4. The van der Waals surface area contributed by atoms with Crippen LogP contribution in [0.25, 0.3) is 0 Å². The number of amides is 1. The van der Waals surface area contributed by atoms with Crippen LogP contribution in [0.15, 0.2) is 53.5 Å². The molecule has 134 valence electrons. The largest absolute Gasteiger partial charge is 0.370 e. The third-order valence-corrected chi connectivity index (χ3v) is 3.75. The van der Waals surface area contributed by atoms with Gasteiger partial charge in [0.05, 0.1) is 0 Å². The molecule has 5 nitrogen and oxygen atoms in total. The van der Waals surface area contributed by atoms with E-state index < -0.39 is 0 Å². The average Bonchev–Trinajstić information content (AvgIpc) is 2.57. The molecule has 0 aliphatic rings. The van der Waals surface area contributed by atoms with Gasteiger partial charge in [0.2, 0.25) is 5.91 Å². The number of anilines is 1. The molecule has 1 amide bonds. The number of rotatable bonds is 6. The van der Waals surface area contributed by atoms with Crippen molar-refractivity contribution in [2.45, 2.75) is 20.3 Å². The molecular formula is C19H25IN4O. The molecule has 0 saturated heterocycles. The molecule has 25 heavy (non-hydrogen) atoms. The van der Waals surface area contributed by atoms with E-state index in [0.29, 0.717) is 6.54 Å². The fraction of sp³-hybridized carbons (Fsp3) is 0.263. The minimum absolute atomic E-state index is 0. The zero-order valence-electron chi connectivity index (χ0n) is 14.6. The Morgan fingerprint density at radius 1 is 1.08 bits per heavy atom. The maximum atomic E-state index is 11.8. The summed E-state index contributed by atoms with van der Waals surface area (Å²) in [6, 6.07) is 16.0. The maximum Gasteiger partial charge on any atom is 0.241 e. The Morgan fingerprint density at radius 3 is 2.48 bits per heavy atom. The summed E-state index contributed by atoms with van der Waals surface area (Å²) in [5.74, 6) is 0.0900. The number of hydrogen-bond acceptors (Lipinski definition) is 2. The van der Waals surface area contributed by atoms with Crippen LogP contribution in [0.3, 0.4) is 0 Å². The number of aryl methyl sites for hydroxylation is 2. The fourth-order valence-corrected chi connectivity index (χ4v) is 2.21. The highest BCUT2D eigenvalue weighted by atomic mass is 127. The topological polar surface area (TPSA) is 79.5 Å². The lowest BCUT2D eigenvalue weighted by atomic mass is 10.1. The third-order valence-electron chi connectivity index (χ3n) is 3.75. The number of nitrogens with zero attached hydrogens (tertiary/aromatic N) is 1. The van der Waals surface area contributed by atoms with Gasteiger partial charge in [0, 0.05) is 12.2 Å². The van der Waals surface area contributed by atoms with E-state index in [0.717, 1.165) is 12.1 Å². The summed E-state index contributed by atoms with van der Waals surface area (Å²) < 4.78 is 0. The number of hydrogen-bond donors (Lipinski definition) is 3. The highest BCUT2D eigenvalue weighted by Gasteiger charge is 2.02. The molecule has 0 bridgehead atoms. The van der Waals surface area contributed by atoms with Gasteiger partial charge in [0.25, 0.3) is 0 Å². The highest BCUT2D eigenvalue weighted by molar-refractivity contribution is 14.0. The minimum Gasteiger partial charge on any atom is -0.370 e. The molecule has 2 aromatic rings. The van der Waals surface area contributed by atoms with Crippen LogP contribution in [0.4, 0.5) is 5.69 Å². The molecule has 4 N–H and O–H groups in total. The van der Waals surface area contributed by atoms with Crippen molar-refractivity contribution in [1.29, 1.82) is 0 Å². The van der Waals surface area contributed by atoms with Gasteiger partial charge >= 0.3 is 0 Å². The van der Waals surface area contributed by atoms with Crippen molar-refractivity contribution in [3.8, 4) is 0 Å². The lowest BCUT2D eigenvalue weighted by Crippen LogP contribution is -2.30. The third kappa shape index (κ3) is 7.55. The van der Waals surface area contributed by atoms with E-state index in [1.807, 2.05) is 55.5 Å². The van der Waals surface area contributed by atoms with Crippen LogP contribution in [0.5, 0.6) is 0 Å². The van der Waals surface area contributed by atoms with Crippen molar-refractivity contribution in [3.63, 3.8) is 0 Å². The molecule has 0 atom stereocenters. The van der Waals surface area contributed by atoms with Gasteiger partial charge in [-0.2, -0.15) is 0 Å². The number of nitrogens with one attached hydrogen (secondary N) is 2. The van der Waals surface area contributed by atoms with Crippen molar-refractivity contribution in [1.82, 2.24) is 5.32 Å². The Morgan fingerprint density at radius 2 is 1.80 bits per heavy atom. The maximum absolute atomic E-state index is 11.8. The van der Waals surface area contributed by atoms with Crippen molar-refractivity contribution < 1.29 is 4.79 Å². The SMILES string of the molecule is Cc1ccc(NC(N)=NCC(=O)NCCc2ccccc2)cc1C.I. The summed E-state index contributed by atoms with van der Waals surface area (Å²) in [6.07, 6.45) is 0.798. The molecule has 0 aromatic heterocycles. The van der Waals surface area contributed by atoms with Crippen molar-refractivity contribution in [3.05, 3.63) is 65.2 Å². The molecule has 0 unspecified atom stereocenters. The first-order valence-corrected chi connectivity index (χ1v) is 7.99. The van der Waals surface area contributed by atoms with Crippen molar-refractivity contribution >= 4 is 41.5 Å². The second-order valence-electron chi connectivity index (χ2n) is 5.71. The lowest BCUT2D eigenvalue weighted by molar-refractivity contribution is -0.119. The Kier molecular flexibility index (Phi) is 8.98. The molecule has 0 radical (unpaired) electrons. The minimum atomic E-state index is -0.143. The standard InChI is InChI=1S/C19H24N4O.HI/c1-14-8-9-17(12-15(14)2)23-19(20)22-13-18(24)21-11-10-16-6-4-3-5-7-16;/h3-9,12H,10-11,13H2,1-2H3,(H,21,24)(H3,20,22,23);1H. The van der Waals surface area contributed by atoms with E-state index in [-0.39, 0.29) is 42.4 Å². The first-order chi connectivity index (χ1) is 11.5. The molecule has 0 saturated carbocycles. The van der Waals surface area contributed by atoms with Gasteiger partial charge < -0.3 is 16.4 Å². The Bertz CT molecular complexity index is 717. The summed E-state index contributed by atoms with van der Waals surface area (Å²) >= 11 is 0. The number of nitrogens with two attached hydrogens (primary N) is 1. The van der Waals surface area contributed by atoms with Crippen LogP contribution in [0, 0.1) is 13.8 Å². The number of guanidine groups is 1. The van der Waals surface area contributed by atoms with Gasteiger partial charge in [-0.25, -0.2) is 4.99 Å². The number of halogens is 1. The van der Waals surface area contributed by atoms with Crippen LogP contribution in [-0.4, -0.2) is 25.0 Å². The second kappa shape index (κ2) is 10.7. The van der Waals surface area contributed by atoms with Crippen LogP contribution >= 0.6 is 24.0 Å². The molecule has 2 aromatic carbocycles. The molecule has 0 heterocycles. The van der Waals surface area contributed by atoms with E-state index in [9.17, 15) is 4.79 Å². The normalized spacial score (nSPS) is 10.7. The fourth-order valence-electron chi connectivity index (χ4n) is 2.21. The van der Waals surface area contributed by atoms with E-state index >= 15 is 0 Å². The molecular weight excluding hydrogens is 427 g/mol. The molecule has 6 heteroatoms. The predicted octanol–water partition coefficient (Wildman–Crippen LogP) is 3.01. The second-order valence-corrected chi connectivity index (χ2v) is 5.71. The summed E-state index contributed by atoms with van der Waals surface area (Å²) in [6.45, 7) is 4.69. The van der Waals surface area contributed by atoms with Gasteiger partial charge in [-0.15, -0.1) is 24.0 Å². The highest BCUT2D eigenvalue weighted by Crippen LogP contribution is 2.13. The van der Waals surface area contributed by atoms with Gasteiger partial charge in [-0.3, -0.25) is 4.79 Å². The van der Waals surface area contributed by atoms with E-state index in [2.05, 4.69) is 22.5 Å². The van der Waals surface area contributed by atoms with Crippen LogP contribution < -0.4 is 16.4 Å². The Hall–Kier alpha value is -2.09. The van der Waals surface area contributed by atoms with Gasteiger partial charge in [0.15, 0.2) is 5.96 Å². The Balaban J connectivity index is 0.00000312. The lowest BCUT2D eigenvalue weighted by Gasteiger charge is -2.08. The summed E-state index contributed by atoms with van der Waals surface area (Å²) in [5.41, 5.74) is 10.3. The summed E-state index contributed by atoms with van der Waals surface area (Å²) in [4.78, 5) is 15.9. The number of aliphatic imine (C=N–C) groups is 1. The average molecular weight is 452 g/mol. The summed E-state index contributed by atoms with van der Waals surface area (Å²) in [7, 11) is 0. The van der Waals surface area contributed by atoms with Crippen LogP contribution in [0.2, 0.25) is 0 Å². The number of carbonyl (C=O) groups is 1. The first kappa shape index (κ1) is 21.0. The van der Waals surface area contributed by atoms with Crippen LogP contribution in [0.1, 0.15) is 16.7 Å². The van der Waals surface area contributed by atoms with E-state index in [1.165, 1.54) is 16.7 Å². The van der Waals surface area contributed by atoms with Gasteiger partial charge in [-0.05, 0) is 49.1 Å². The molecule has 0 fully saturated rings. The monoisotopic (exact) mass is 452 g/mol. The number of benzene rings is 2. The molecule has 0 aliphatic carbocycles.